The fraction of sp³-hybridized carbons (Fsp3) is 0.500. The van der Waals surface area contributed by atoms with Crippen molar-refractivity contribution in [2.45, 2.75) is 48.5 Å². The van der Waals surface area contributed by atoms with Crippen LogP contribution in [0, 0.1) is 5.92 Å². The number of fused-ring (bicyclic) bond motifs is 1. The van der Waals surface area contributed by atoms with Gasteiger partial charge in [-0.1, -0.05) is 23.2 Å². The number of carbonyl (C=O) groups is 1. The molecule has 39 heavy (non-hydrogen) atoms. The van der Waals surface area contributed by atoms with Gasteiger partial charge in [-0.25, -0.2) is 0 Å². The van der Waals surface area contributed by atoms with Crippen molar-refractivity contribution in [1.82, 2.24) is 14.5 Å². The third-order valence-electron chi connectivity index (χ3n) is 6.49. The molecule has 2 aromatic rings. The number of alkyl halides is 6. The standard InChI is InChI=1S/C20H17Cl2F6N3O6S2/c21-13-6-10(37-39(35,36)20(26,27)28)7-14(22)16(13)15(12-4-5-29-18(12)32)11-3-1-2-9-8-31(30-17(9)11)38(33,34)19(23,24)25/h6-8,11-12,15H,1-5H2,(H,29,32)/t11?,12-,15?/m1/s1. The third-order valence-corrected chi connectivity index (χ3v) is 9.36. The molecule has 4 rings (SSSR count). The molecule has 0 radical (unpaired) electrons. The van der Waals surface area contributed by atoms with E-state index >= 15 is 0 Å². The number of amides is 1. The van der Waals surface area contributed by atoms with Gasteiger partial charge in [-0.2, -0.15) is 52.4 Å². The van der Waals surface area contributed by atoms with Crippen molar-refractivity contribution in [1.29, 1.82) is 0 Å². The van der Waals surface area contributed by atoms with Crippen molar-refractivity contribution in [2.75, 3.05) is 6.54 Å². The minimum atomic E-state index is -6.07. The molecule has 0 spiro atoms. The largest absolute Gasteiger partial charge is 0.534 e. The molecule has 1 aliphatic carbocycles. The zero-order chi connectivity index (χ0) is 29.1. The zero-order valence-electron chi connectivity index (χ0n) is 19.2. The predicted octanol–water partition coefficient (Wildman–Crippen LogP) is 4.46. The number of carbonyl (C=O) groups excluding carboxylic acids is 1. The van der Waals surface area contributed by atoms with Gasteiger partial charge in [-0.05, 0) is 36.8 Å². The van der Waals surface area contributed by atoms with Gasteiger partial charge in [-0.15, -0.1) is 0 Å². The van der Waals surface area contributed by atoms with E-state index in [4.69, 9.17) is 23.2 Å². The summed E-state index contributed by atoms with van der Waals surface area (Å²) in [4.78, 5) is 12.7. The van der Waals surface area contributed by atoms with E-state index in [2.05, 4.69) is 14.6 Å². The second kappa shape index (κ2) is 9.99. The number of aromatic nitrogens is 2. The number of aryl methyl sites for hydroxylation is 1. The molecule has 1 fully saturated rings. The Morgan fingerprint density at radius 2 is 1.62 bits per heavy atom. The number of nitrogens with zero attached hydrogens (tertiary/aromatic N) is 2. The lowest BCUT2D eigenvalue weighted by Crippen LogP contribution is -2.31. The third kappa shape index (κ3) is 5.41. The van der Waals surface area contributed by atoms with Gasteiger partial charge >= 0.3 is 31.2 Å². The number of rotatable bonds is 6. The van der Waals surface area contributed by atoms with Crippen LogP contribution < -0.4 is 9.50 Å². The second-order valence-electron chi connectivity index (χ2n) is 8.86. The smallest absolute Gasteiger partial charge is 0.376 e. The van der Waals surface area contributed by atoms with Gasteiger partial charge in [0, 0.05) is 52.7 Å². The summed E-state index contributed by atoms with van der Waals surface area (Å²) in [5.41, 5.74) is -11.2. The number of halogens is 8. The topological polar surface area (TPSA) is 124 Å². The lowest BCUT2D eigenvalue weighted by molar-refractivity contribution is -0.123. The Morgan fingerprint density at radius 1 is 1.00 bits per heavy atom. The van der Waals surface area contributed by atoms with Crippen LogP contribution in [0.25, 0.3) is 0 Å². The maximum absolute atomic E-state index is 13.2. The SMILES string of the molecule is O=C1NCC[C@@H]1C(c1c(Cl)cc(OS(=O)(=O)C(F)(F)F)cc1Cl)C1CCCc2cn(S(=O)(=O)C(F)(F)F)nc21. The van der Waals surface area contributed by atoms with E-state index in [1.165, 1.54) is 0 Å². The summed E-state index contributed by atoms with van der Waals surface area (Å²) in [6.07, 6.45) is 1.73. The molecule has 1 aromatic heterocycles. The Kier molecular flexibility index (Phi) is 7.62. The molecule has 9 nitrogen and oxygen atoms in total. The summed E-state index contributed by atoms with van der Waals surface area (Å²) in [7, 11) is -11.9. The first-order valence-corrected chi connectivity index (χ1v) is 14.6. The number of hydrogen-bond donors (Lipinski definition) is 1. The van der Waals surface area contributed by atoms with Gasteiger partial charge in [0.05, 0.1) is 5.69 Å². The van der Waals surface area contributed by atoms with E-state index in [1.807, 2.05) is 0 Å². The van der Waals surface area contributed by atoms with Crippen LogP contribution in [0.2, 0.25) is 10.0 Å². The molecule has 1 aliphatic heterocycles. The molecule has 0 bridgehead atoms. The summed E-state index contributed by atoms with van der Waals surface area (Å²) in [6, 6.07) is 1.50. The number of hydrogen-bond acceptors (Lipinski definition) is 7. The van der Waals surface area contributed by atoms with Crippen LogP contribution in [0.15, 0.2) is 18.3 Å². The van der Waals surface area contributed by atoms with Crippen LogP contribution in [0.1, 0.15) is 47.9 Å². The predicted molar refractivity (Wildman–Crippen MR) is 124 cm³/mol. The Morgan fingerprint density at radius 3 is 2.13 bits per heavy atom. The van der Waals surface area contributed by atoms with E-state index in [9.17, 15) is 48.0 Å². The molecule has 2 unspecified atom stereocenters. The Balaban J connectivity index is 1.84. The van der Waals surface area contributed by atoms with Crippen LogP contribution in [0.4, 0.5) is 26.3 Å². The first-order chi connectivity index (χ1) is 17.8. The van der Waals surface area contributed by atoms with E-state index < -0.39 is 60.6 Å². The van der Waals surface area contributed by atoms with E-state index in [1.54, 1.807) is 0 Å². The highest BCUT2D eigenvalue weighted by molar-refractivity contribution is 7.90. The minimum absolute atomic E-state index is 0.0109. The molecule has 1 saturated heterocycles. The summed E-state index contributed by atoms with van der Waals surface area (Å²) in [5, 5.41) is 5.57. The molecule has 3 atom stereocenters. The van der Waals surface area contributed by atoms with E-state index in [-0.39, 0.29) is 56.8 Å². The average molecular weight is 644 g/mol. The maximum Gasteiger partial charge on any atom is 0.534 e. The van der Waals surface area contributed by atoms with Crippen LogP contribution in [0.5, 0.6) is 5.75 Å². The maximum atomic E-state index is 13.2. The van der Waals surface area contributed by atoms with Crippen LogP contribution in [-0.4, -0.2) is 49.5 Å². The van der Waals surface area contributed by atoms with Crippen molar-refractivity contribution in [3.8, 4) is 5.75 Å². The van der Waals surface area contributed by atoms with Crippen LogP contribution in [0.3, 0.4) is 0 Å². The molecule has 216 valence electrons. The molecular formula is C20H17Cl2F6N3O6S2. The van der Waals surface area contributed by atoms with E-state index in [0.29, 0.717) is 6.42 Å². The highest BCUT2D eigenvalue weighted by Crippen LogP contribution is 2.51. The first-order valence-electron chi connectivity index (χ1n) is 11.0. The van der Waals surface area contributed by atoms with Crippen molar-refractivity contribution in [3.05, 3.63) is 45.2 Å². The number of nitrogens with one attached hydrogen (secondary N) is 1. The Hall–Kier alpha value is -2.24. The summed E-state index contributed by atoms with van der Waals surface area (Å²) in [5.74, 6) is -4.12. The van der Waals surface area contributed by atoms with Gasteiger partial charge in [-0.3, -0.25) is 4.79 Å². The fourth-order valence-corrected chi connectivity index (χ4v) is 6.71. The Bertz CT molecular complexity index is 1500. The molecule has 2 aliphatic rings. The van der Waals surface area contributed by atoms with Gasteiger partial charge in [0.15, 0.2) is 0 Å². The van der Waals surface area contributed by atoms with E-state index in [0.717, 1.165) is 18.3 Å². The van der Waals surface area contributed by atoms with Crippen LogP contribution in [-0.2, 0) is 31.4 Å². The summed E-state index contributed by atoms with van der Waals surface area (Å²) >= 11 is 12.7. The lowest BCUT2D eigenvalue weighted by Gasteiger charge is -2.34. The van der Waals surface area contributed by atoms with Gasteiger partial charge in [0.25, 0.3) is 0 Å². The first kappa shape index (κ1) is 29.7. The average Bonchev–Trinajstić information content (AvgIpc) is 3.41. The lowest BCUT2D eigenvalue weighted by atomic mass is 9.70. The molecule has 1 N–H and O–H groups in total. The van der Waals surface area contributed by atoms with Gasteiger partial charge < -0.3 is 9.50 Å². The van der Waals surface area contributed by atoms with Crippen molar-refractivity contribution < 1.29 is 52.2 Å². The highest BCUT2D eigenvalue weighted by atomic mass is 35.5. The van der Waals surface area contributed by atoms with Gasteiger partial charge in [0.1, 0.15) is 5.75 Å². The van der Waals surface area contributed by atoms with Crippen molar-refractivity contribution in [3.63, 3.8) is 0 Å². The molecule has 1 aromatic carbocycles. The highest BCUT2D eigenvalue weighted by Gasteiger charge is 2.50. The number of benzene rings is 1. The van der Waals surface area contributed by atoms with Crippen molar-refractivity contribution in [2.24, 2.45) is 5.92 Å². The fourth-order valence-electron chi connectivity index (χ4n) is 4.87. The quantitative estimate of drug-likeness (QED) is 0.280. The van der Waals surface area contributed by atoms with Crippen LogP contribution >= 0.6 is 23.2 Å². The molecule has 2 heterocycles. The zero-order valence-corrected chi connectivity index (χ0v) is 22.3. The monoisotopic (exact) mass is 643 g/mol. The molecule has 1 amide bonds. The summed E-state index contributed by atoms with van der Waals surface area (Å²) < 4.78 is 129. The second-order valence-corrected chi connectivity index (χ2v) is 13.0. The molecule has 0 saturated carbocycles. The minimum Gasteiger partial charge on any atom is -0.376 e. The Labute approximate surface area is 227 Å². The summed E-state index contributed by atoms with van der Waals surface area (Å²) in [6.45, 7) is 0.219. The van der Waals surface area contributed by atoms with Crippen molar-refractivity contribution >= 4 is 49.3 Å². The molecular weight excluding hydrogens is 627 g/mol. The normalized spacial score (nSPS) is 21.4. The molecule has 19 heteroatoms. The van der Waals surface area contributed by atoms with Gasteiger partial charge in [0.2, 0.25) is 5.91 Å².